The molecule has 0 radical (unpaired) electrons. The van der Waals surface area contributed by atoms with Gasteiger partial charge in [0, 0.05) is 11.3 Å². The molecule has 14 nitrogen and oxygen atoms in total. The molecule has 0 aliphatic rings. The predicted octanol–water partition coefficient (Wildman–Crippen LogP) is 16.5. The quantitative estimate of drug-likeness (QED) is 0.0408. The zero-order chi connectivity index (χ0) is 90.3. The Morgan fingerprint density at radius 3 is 0.613 bits per heavy atom. The van der Waals surface area contributed by atoms with Crippen LogP contribution >= 0.6 is 0 Å². The second-order valence-corrected chi connectivity index (χ2v) is 19.4. The number of anilines is 1. The van der Waals surface area contributed by atoms with Crippen molar-refractivity contribution >= 4 is 24.2 Å². The molecule has 1 aromatic rings. The molecule has 5 N–H and O–H groups in total. The van der Waals surface area contributed by atoms with Gasteiger partial charge in [0.1, 0.15) is 0 Å². The fraction of sp³-hybridized carbons (Fsp3) is 0.811. The van der Waals surface area contributed by atoms with Gasteiger partial charge in [-0.25, -0.2) is 0 Å². The van der Waals surface area contributed by atoms with Crippen LogP contribution in [0.2, 0.25) is 0 Å². The van der Waals surface area contributed by atoms with Crippen LogP contribution in [0, 0.1) is 0 Å². The van der Waals surface area contributed by atoms with Gasteiger partial charge in [-0.3, -0.25) is 47.4 Å². The summed E-state index contributed by atoms with van der Waals surface area (Å²) in [6, 6.07) is -2.21. The molecule has 656 valence electrons. The van der Waals surface area contributed by atoms with Gasteiger partial charge in [0.05, 0.1) is 6.54 Å². The highest BCUT2D eigenvalue weighted by molar-refractivity contribution is 6.58. The third-order valence-corrected chi connectivity index (χ3v) is 11.6. The molecule has 0 fully saturated rings. The summed E-state index contributed by atoms with van der Waals surface area (Å²) in [5.41, 5.74) is -2.75. The molecule has 0 aromatic heterocycles. The maximum absolute atomic E-state index is 15.8. The van der Waals surface area contributed by atoms with Gasteiger partial charge in [-0.15, -0.1) is 0 Å². The summed E-state index contributed by atoms with van der Waals surface area (Å²) in [4.78, 5) is 11.7. The molecular formula is C37H10BF59N2O12. The summed E-state index contributed by atoms with van der Waals surface area (Å²) in [5, 5.41) is 19.1. The summed E-state index contributed by atoms with van der Waals surface area (Å²) >= 11 is 0. The minimum absolute atomic E-state index is 0.352. The van der Waals surface area contributed by atoms with Crippen LogP contribution in [-0.2, 0) is 53.3 Å². The Bertz CT molecular complexity index is 3410. The van der Waals surface area contributed by atoms with E-state index in [-0.39, 0.29) is 0 Å². The lowest BCUT2D eigenvalue weighted by Crippen LogP contribution is -2.74. The van der Waals surface area contributed by atoms with Crippen LogP contribution in [0.15, 0.2) is 18.2 Å². The molecule has 0 aliphatic carbocycles. The Morgan fingerprint density at radius 2 is 0.459 bits per heavy atom. The normalized spacial score (nSPS) is 20.3. The monoisotopic (exact) mass is 1810 g/mol. The molecule has 0 heterocycles. The van der Waals surface area contributed by atoms with E-state index in [4.69, 9.17) is 10.0 Å². The van der Waals surface area contributed by atoms with E-state index >= 15 is 65.9 Å². The molecule has 9 unspecified atom stereocenters. The number of nitrogens with two attached hydrogens (primary N) is 1. The molecule has 9 atom stereocenters. The lowest BCUT2D eigenvalue weighted by atomic mass is 9.79. The largest absolute Gasteiger partial charge is 0.488 e. The van der Waals surface area contributed by atoms with Crippen LogP contribution in [0.5, 0.6) is 0 Å². The molecular weight excluding hydrogens is 1800 g/mol. The highest BCUT2D eigenvalue weighted by Gasteiger charge is 2.95. The summed E-state index contributed by atoms with van der Waals surface area (Å²) in [5.74, 6) is -99.8. The SMILES string of the molecule is NCC(=O)Nc1cc(B(O)O)ccc1C(F)(OC(F)(F)C(F)(OC(F)(F)C(F)(OC(F)(F)C(F)(OC(F)(F)C(F)(OC(F)(F)C(F)(OC(F)(F)C(F)(OC(F)(F)C(F)(OC(F)(F)C(F)(OC(F)(F)C(F)(F)C(F)(F)F)C(F)(F)F)C(F)(F)F)C(F)(F)F)C(F)(F)F)C(F)(F)F)C(F)(F)F)C(F)(F)F)C(F)(F)F)C(F)(F)F. The molecule has 0 aliphatic heterocycles. The number of carbonyl (C=O) groups excluding carboxylic acids is 1. The van der Waals surface area contributed by atoms with Crippen molar-refractivity contribution in [1.29, 1.82) is 0 Å². The number of alkyl halides is 59. The third-order valence-electron chi connectivity index (χ3n) is 11.6. The number of halogens is 59. The van der Waals surface area contributed by atoms with Gasteiger partial charge in [-0.2, -0.15) is 259 Å². The molecule has 0 saturated carbocycles. The fourth-order valence-corrected chi connectivity index (χ4v) is 6.18. The second kappa shape index (κ2) is 28.5. The first kappa shape index (κ1) is 103. The van der Waals surface area contributed by atoms with Gasteiger partial charge < -0.3 is 21.1 Å². The molecule has 1 amide bonds. The first-order chi connectivity index (χ1) is 47.4. The van der Waals surface area contributed by atoms with E-state index in [9.17, 15) is 198 Å². The Labute approximate surface area is 558 Å². The van der Waals surface area contributed by atoms with Crippen molar-refractivity contribution in [1.82, 2.24) is 0 Å². The molecule has 0 spiro atoms. The van der Waals surface area contributed by atoms with Crippen LogP contribution in [-0.4, -0.2) is 199 Å². The van der Waals surface area contributed by atoms with E-state index in [1.54, 1.807) is 0 Å². The van der Waals surface area contributed by atoms with E-state index < -0.39 is 230 Å². The van der Waals surface area contributed by atoms with Gasteiger partial charge in [-0.1, -0.05) is 12.1 Å². The number of hydrogen-bond donors (Lipinski definition) is 4. The lowest BCUT2D eigenvalue weighted by Gasteiger charge is -2.46. The van der Waals surface area contributed by atoms with Crippen LogP contribution < -0.4 is 16.5 Å². The number of amides is 1. The fourth-order valence-electron chi connectivity index (χ4n) is 6.18. The Morgan fingerprint density at radius 1 is 0.279 bits per heavy atom. The van der Waals surface area contributed by atoms with Crippen LogP contribution in [0.1, 0.15) is 5.56 Å². The topological polar surface area (TPSA) is 179 Å². The van der Waals surface area contributed by atoms with Crippen molar-refractivity contribution in [3.8, 4) is 0 Å². The summed E-state index contributed by atoms with van der Waals surface area (Å²) in [7, 11) is -3.24. The zero-order valence-electron chi connectivity index (χ0n) is 47.9. The number of ether oxygens (including phenoxy) is 9. The van der Waals surface area contributed by atoms with Gasteiger partial charge in [0.15, 0.2) is 0 Å². The number of carbonyl (C=O) groups is 1. The van der Waals surface area contributed by atoms with Gasteiger partial charge in [-0.05, 0) is 11.5 Å². The summed E-state index contributed by atoms with van der Waals surface area (Å²) < 4.78 is 844. The Kier molecular flexibility index (Phi) is 26.5. The maximum atomic E-state index is 15.8. The van der Waals surface area contributed by atoms with Gasteiger partial charge in [0.25, 0.3) is 0 Å². The van der Waals surface area contributed by atoms with Gasteiger partial charge in [0.2, 0.25) is 5.91 Å². The van der Waals surface area contributed by atoms with Crippen molar-refractivity contribution < 1.29 is 317 Å². The Hall–Kier alpha value is -5.86. The van der Waals surface area contributed by atoms with Crippen LogP contribution in [0.4, 0.5) is 265 Å². The molecule has 0 bridgehead atoms. The lowest BCUT2D eigenvalue weighted by molar-refractivity contribution is -0.612. The van der Waals surface area contributed by atoms with Gasteiger partial charge >= 0.3 is 182 Å². The highest BCUT2D eigenvalue weighted by Crippen LogP contribution is 2.67. The van der Waals surface area contributed by atoms with E-state index in [1.807, 2.05) is 4.74 Å². The number of hydrogen-bond acceptors (Lipinski definition) is 13. The van der Waals surface area contributed by atoms with Crippen molar-refractivity contribution in [3.63, 3.8) is 0 Å². The van der Waals surface area contributed by atoms with Crippen molar-refractivity contribution in [2.24, 2.45) is 5.73 Å². The first-order valence-corrected chi connectivity index (χ1v) is 23.8. The summed E-state index contributed by atoms with van der Waals surface area (Å²) in [6.45, 7) is -1.73. The Balaban J connectivity index is 4.57. The molecule has 0 saturated heterocycles. The third kappa shape index (κ3) is 17.6. The number of rotatable bonds is 31. The standard InChI is InChI=1S/C37H10BF59N2O12/c39-9(19(50,51)52,6-2-1-5(38(101)102)3-7(6)99-8(100)4-98)103-30(82,83)11(42,21(56,57)58)105-32(86,87)13(44,23(62,63)64)107-34(90,91)15(46,25(68,69)70)109-36(94,95)17(48,27(74,75)76)111-37(96,97)18(49,28(77,78)79)110-35(92,93)16(47,26(71,72)73)108-33(88,89)14(45,24(65,66)67)106-31(84,85)12(43,22(59,60)61)104-29(80,81)10(40,41)20(53,54)55/h1-3,101-102H,4,98H2,(H,99,100). The van der Waals surface area contributed by atoms with Crippen molar-refractivity contribution in [2.75, 3.05) is 11.9 Å². The van der Waals surface area contributed by atoms with E-state index in [0.717, 1.165) is 10.1 Å². The van der Waals surface area contributed by atoms with Crippen molar-refractivity contribution in [2.45, 2.75) is 175 Å². The highest BCUT2D eigenvalue weighted by atomic mass is 19.5. The number of nitrogens with one attached hydrogen (secondary N) is 1. The van der Waals surface area contributed by atoms with E-state index in [0.29, 0.717) is 33.2 Å². The predicted molar refractivity (Wildman–Crippen MR) is 207 cm³/mol. The molecule has 74 heteroatoms. The van der Waals surface area contributed by atoms with E-state index in [2.05, 4.69) is 5.73 Å². The zero-order valence-corrected chi connectivity index (χ0v) is 47.9. The minimum atomic E-state index is -10.5. The summed E-state index contributed by atoms with van der Waals surface area (Å²) in [6.07, 6.45) is -184. The average Bonchev–Trinajstić information content (AvgIpc) is 0.708. The van der Waals surface area contributed by atoms with Crippen LogP contribution in [0.3, 0.4) is 0 Å². The second-order valence-electron chi connectivity index (χ2n) is 19.4. The first-order valence-electron chi connectivity index (χ1n) is 23.8. The van der Waals surface area contributed by atoms with E-state index in [1.165, 1.54) is 0 Å². The smallest absolute Gasteiger partial charge is 0.423 e. The molecule has 1 rings (SSSR count). The maximum Gasteiger partial charge on any atom is 0.488 e. The van der Waals surface area contributed by atoms with Crippen LogP contribution in [0.25, 0.3) is 0 Å². The molecule has 111 heavy (non-hydrogen) atoms. The van der Waals surface area contributed by atoms with Crippen molar-refractivity contribution in [3.05, 3.63) is 23.8 Å². The molecule has 1 aromatic carbocycles. The number of benzene rings is 1. The minimum Gasteiger partial charge on any atom is -0.423 e. The average molecular weight is 1810 g/mol.